The fourth-order valence-corrected chi connectivity index (χ4v) is 3.86. The Morgan fingerprint density at radius 1 is 1.33 bits per heavy atom. The molecule has 6 heteroatoms. The molecule has 1 aromatic carbocycles. The molecule has 21 heavy (non-hydrogen) atoms. The predicted molar refractivity (Wildman–Crippen MR) is 83.1 cm³/mol. The normalized spacial score (nSPS) is 18.4. The lowest BCUT2D eigenvalue weighted by Crippen LogP contribution is -2.42. The number of sulfonamides is 1. The first-order chi connectivity index (χ1) is 9.86. The highest BCUT2D eigenvalue weighted by Gasteiger charge is 2.28. The van der Waals surface area contributed by atoms with E-state index in [0.717, 1.165) is 31.5 Å². The Labute approximate surface area is 127 Å². The number of nitrogens with one attached hydrogen (secondary N) is 2. The summed E-state index contributed by atoms with van der Waals surface area (Å²) >= 11 is 0. The van der Waals surface area contributed by atoms with Gasteiger partial charge >= 0.3 is 0 Å². The SMILES string of the molecule is COc1ccc(S(=O)(=O)NCC2(C)CCNCC2)cc1C. The highest BCUT2D eigenvalue weighted by atomic mass is 32.2. The minimum absolute atomic E-state index is 0.0276. The van der Waals surface area contributed by atoms with Crippen molar-refractivity contribution in [3.05, 3.63) is 23.8 Å². The van der Waals surface area contributed by atoms with Crippen molar-refractivity contribution in [2.45, 2.75) is 31.6 Å². The van der Waals surface area contributed by atoms with E-state index < -0.39 is 10.0 Å². The highest BCUT2D eigenvalue weighted by Crippen LogP contribution is 2.28. The third kappa shape index (κ3) is 3.96. The molecule has 1 aliphatic heterocycles. The van der Waals surface area contributed by atoms with Gasteiger partial charge in [-0.15, -0.1) is 0 Å². The molecular formula is C15H24N2O3S. The third-order valence-electron chi connectivity index (χ3n) is 4.18. The second kappa shape index (κ2) is 6.34. The molecule has 118 valence electrons. The Balaban J connectivity index is 2.09. The van der Waals surface area contributed by atoms with Gasteiger partial charge in [-0.25, -0.2) is 13.1 Å². The fourth-order valence-electron chi connectivity index (χ4n) is 2.58. The van der Waals surface area contributed by atoms with Gasteiger partial charge in [0.1, 0.15) is 5.75 Å². The quantitative estimate of drug-likeness (QED) is 0.868. The van der Waals surface area contributed by atoms with Crippen LogP contribution in [0.15, 0.2) is 23.1 Å². The van der Waals surface area contributed by atoms with Crippen LogP contribution in [0.3, 0.4) is 0 Å². The van der Waals surface area contributed by atoms with Crippen molar-refractivity contribution in [2.24, 2.45) is 5.41 Å². The van der Waals surface area contributed by atoms with Crippen LogP contribution in [0.2, 0.25) is 0 Å². The molecular weight excluding hydrogens is 288 g/mol. The van der Waals surface area contributed by atoms with Crippen LogP contribution in [0.1, 0.15) is 25.3 Å². The molecule has 1 heterocycles. The van der Waals surface area contributed by atoms with Crippen molar-refractivity contribution in [1.82, 2.24) is 10.0 Å². The second-order valence-electron chi connectivity index (χ2n) is 6.02. The lowest BCUT2D eigenvalue weighted by Gasteiger charge is -2.34. The number of piperidine rings is 1. The number of hydrogen-bond acceptors (Lipinski definition) is 4. The van der Waals surface area contributed by atoms with Gasteiger partial charge in [0.25, 0.3) is 0 Å². The van der Waals surface area contributed by atoms with Crippen molar-refractivity contribution < 1.29 is 13.2 Å². The summed E-state index contributed by atoms with van der Waals surface area (Å²) in [7, 11) is -1.90. The number of methoxy groups -OCH3 is 1. The van der Waals surface area contributed by atoms with Crippen molar-refractivity contribution >= 4 is 10.0 Å². The van der Waals surface area contributed by atoms with Gasteiger partial charge in [0.15, 0.2) is 0 Å². The first kappa shape index (κ1) is 16.3. The van der Waals surface area contributed by atoms with E-state index in [1.807, 2.05) is 6.92 Å². The van der Waals surface area contributed by atoms with Gasteiger partial charge < -0.3 is 10.1 Å². The molecule has 2 rings (SSSR count). The maximum atomic E-state index is 12.4. The summed E-state index contributed by atoms with van der Waals surface area (Å²) in [6.45, 7) is 6.34. The zero-order valence-electron chi connectivity index (χ0n) is 12.9. The minimum Gasteiger partial charge on any atom is -0.496 e. The number of rotatable bonds is 5. The molecule has 0 aliphatic carbocycles. The summed E-state index contributed by atoms with van der Waals surface area (Å²) in [4.78, 5) is 0.290. The van der Waals surface area contributed by atoms with Gasteiger partial charge in [-0.05, 0) is 62.0 Å². The molecule has 0 saturated carbocycles. The Hall–Kier alpha value is -1.11. The molecule has 0 amide bonds. The molecule has 5 nitrogen and oxygen atoms in total. The fraction of sp³-hybridized carbons (Fsp3) is 0.600. The minimum atomic E-state index is -3.47. The van der Waals surface area contributed by atoms with E-state index in [9.17, 15) is 8.42 Å². The Morgan fingerprint density at radius 2 is 2.00 bits per heavy atom. The van der Waals surface area contributed by atoms with E-state index in [-0.39, 0.29) is 5.41 Å². The van der Waals surface area contributed by atoms with Crippen LogP contribution < -0.4 is 14.8 Å². The Bertz CT molecular complexity index is 593. The number of hydrogen-bond donors (Lipinski definition) is 2. The van der Waals surface area contributed by atoms with Crippen molar-refractivity contribution in [1.29, 1.82) is 0 Å². The number of aryl methyl sites for hydroxylation is 1. The Morgan fingerprint density at radius 3 is 2.57 bits per heavy atom. The molecule has 1 fully saturated rings. The van der Waals surface area contributed by atoms with Gasteiger partial charge in [0, 0.05) is 6.54 Å². The lowest BCUT2D eigenvalue weighted by atomic mass is 9.81. The van der Waals surface area contributed by atoms with Crippen LogP contribution in [0.5, 0.6) is 5.75 Å². The van der Waals surface area contributed by atoms with Gasteiger partial charge in [-0.2, -0.15) is 0 Å². The van der Waals surface area contributed by atoms with Crippen LogP contribution in [0, 0.1) is 12.3 Å². The largest absolute Gasteiger partial charge is 0.496 e. The summed E-state index contributed by atoms with van der Waals surface area (Å²) in [5, 5.41) is 3.30. The molecule has 0 aromatic heterocycles. The third-order valence-corrected chi connectivity index (χ3v) is 5.58. The first-order valence-electron chi connectivity index (χ1n) is 7.21. The van der Waals surface area contributed by atoms with E-state index in [1.54, 1.807) is 25.3 Å². The number of ether oxygens (including phenoxy) is 1. The van der Waals surface area contributed by atoms with Crippen LogP contribution in [-0.4, -0.2) is 35.2 Å². The zero-order chi connectivity index (χ0) is 15.5. The monoisotopic (exact) mass is 312 g/mol. The van der Waals surface area contributed by atoms with E-state index >= 15 is 0 Å². The van der Waals surface area contributed by atoms with E-state index in [4.69, 9.17) is 4.74 Å². The van der Waals surface area contributed by atoms with Gasteiger partial charge in [0.05, 0.1) is 12.0 Å². The standard InChI is InChI=1S/C15H24N2O3S/c1-12-10-13(4-5-14(12)20-3)21(18,19)17-11-15(2)6-8-16-9-7-15/h4-5,10,16-17H,6-9,11H2,1-3H3. The van der Waals surface area contributed by atoms with Crippen LogP contribution in [0.25, 0.3) is 0 Å². The Kier molecular flexibility index (Phi) is 4.91. The van der Waals surface area contributed by atoms with Crippen LogP contribution >= 0.6 is 0 Å². The van der Waals surface area contributed by atoms with Gasteiger partial charge in [-0.1, -0.05) is 6.92 Å². The van der Waals surface area contributed by atoms with E-state index in [2.05, 4.69) is 17.0 Å². The smallest absolute Gasteiger partial charge is 0.240 e. The predicted octanol–water partition coefficient (Wildman–Crippen LogP) is 1.67. The maximum absolute atomic E-state index is 12.4. The van der Waals surface area contributed by atoms with E-state index in [0.29, 0.717) is 17.2 Å². The average molecular weight is 312 g/mol. The van der Waals surface area contributed by atoms with Gasteiger partial charge in [0.2, 0.25) is 10.0 Å². The molecule has 0 atom stereocenters. The van der Waals surface area contributed by atoms with Crippen molar-refractivity contribution in [2.75, 3.05) is 26.7 Å². The molecule has 2 N–H and O–H groups in total. The molecule has 1 aromatic rings. The zero-order valence-corrected chi connectivity index (χ0v) is 13.7. The summed E-state index contributed by atoms with van der Waals surface area (Å²) in [6, 6.07) is 4.92. The molecule has 0 radical (unpaired) electrons. The highest BCUT2D eigenvalue weighted by molar-refractivity contribution is 7.89. The van der Waals surface area contributed by atoms with Gasteiger partial charge in [-0.3, -0.25) is 0 Å². The maximum Gasteiger partial charge on any atom is 0.240 e. The molecule has 1 aliphatic rings. The van der Waals surface area contributed by atoms with Crippen LogP contribution in [-0.2, 0) is 10.0 Å². The second-order valence-corrected chi connectivity index (χ2v) is 7.78. The summed E-state index contributed by atoms with van der Waals surface area (Å²) in [6.07, 6.45) is 1.97. The average Bonchev–Trinajstić information content (AvgIpc) is 2.46. The van der Waals surface area contributed by atoms with E-state index in [1.165, 1.54) is 0 Å². The molecule has 0 bridgehead atoms. The lowest BCUT2D eigenvalue weighted by molar-refractivity contribution is 0.232. The van der Waals surface area contributed by atoms with Crippen molar-refractivity contribution in [3.63, 3.8) is 0 Å². The summed E-state index contributed by atoms with van der Waals surface area (Å²) < 4.78 is 32.7. The summed E-state index contributed by atoms with van der Waals surface area (Å²) in [5.41, 5.74) is 0.841. The van der Waals surface area contributed by atoms with Crippen LogP contribution in [0.4, 0.5) is 0 Å². The molecule has 1 saturated heterocycles. The molecule has 0 spiro atoms. The molecule has 0 unspecified atom stereocenters. The topological polar surface area (TPSA) is 67.4 Å². The summed E-state index contributed by atoms with van der Waals surface area (Å²) in [5.74, 6) is 0.694. The first-order valence-corrected chi connectivity index (χ1v) is 8.70. The number of benzene rings is 1. The van der Waals surface area contributed by atoms with Crippen molar-refractivity contribution in [3.8, 4) is 5.75 Å².